The first kappa shape index (κ1) is 16.9. The SMILES string of the molecule is CCCc1cccc2nc(NC3C4CCC3CN(c3nc(C)ns3)C4)nn12. The molecule has 2 bridgehead atoms. The summed E-state index contributed by atoms with van der Waals surface area (Å²) < 4.78 is 6.34. The number of rotatable bonds is 5. The lowest BCUT2D eigenvalue weighted by Gasteiger charge is -2.37. The molecule has 27 heavy (non-hydrogen) atoms. The molecule has 1 aliphatic carbocycles. The molecule has 0 spiro atoms. The van der Waals surface area contributed by atoms with Gasteiger partial charge in [-0.05, 0) is 50.2 Å². The number of aromatic nitrogens is 5. The summed E-state index contributed by atoms with van der Waals surface area (Å²) in [6.45, 7) is 6.24. The Morgan fingerprint density at radius 3 is 2.70 bits per heavy atom. The molecule has 4 heterocycles. The van der Waals surface area contributed by atoms with Crippen LogP contribution in [0.15, 0.2) is 18.2 Å². The number of pyridine rings is 1. The van der Waals surface area contributed by atoms with Gasteiger partial charge in [0.15, 0.2) is 5.65 Å². The lowest BCUT2D eigenvalue weighted by molar-refractivity contribution is 0.376. The Morgan fingerprint density at radius 2 is 2.00 bits per heavy atom. The summed E-state index contributed by atoms with van der Waals surface area (Å²) >= 11 is 1.52. The maximum atomic E-state index is 4.76. The molecule has 3 aromatic heterocycles. The minimum atomic E-state index is 0.447. The topological polar surface area (TPSA) is 71.2 Å². The molecule has 3 aromatic rings. The van der Waals surface area contributed by atoms with E-state index in [4.69, 9.17) is 10.1 Å². The second-order valence-electron chi connectivity index (χ2n) is 7.77. The van der Waals surface area contributed by atoms with Gasteiger partial charge in [0, 0.05) is 36.4 Å². The molecule has 0 aromatic carbocycles. The number of piperidine rings is 1. The maximum Gasteiger partial charge on any atom is 0.243 e. The first-order chi connectivity index (χ1) is 13.2. The monoisotopic (exact) mass is 383 g/mol. The molecule has 2 unspecified atom stereocenters. The third kappa shape index (κ3) is 3.05. The van der Waals surface area contributed by atoms with E-state index in [9.17, 15) is 0 Å². The lowest BCUT2D eigenvalue weighted by atomic mass is 9.92. The Kier molecular flexibility index (Phi) is 4.22. The van der Waals surface area contributed by atoms with E-state index in [0.717, 1.165) is 48.5 Å². The Hall–Kier alpha value is -2.22. The molecule has 0 radical (unpaired) electrons. The van der Waals surface area contributed by atoms with Gasteiger partial charge in [0.05, 0.1) is 0 Å². The second-order valence-corrected chi connectivity index (χ2v) is 8.50. The van der Waals surface area contributed by atoms with E-state index >= 15 is 0 Å². The maximum absolute atomic E-state index is 4.76. The number of nitrogens with zero attached hydrogens (tertiary/aromatic N) is 6. The van der Waals surface area contributed by atoms with Crippen LogP contribution in [0.5, 0.6) is 0 Å². The largest absolute Gasteiger partial charge is 0.349 e. The van der Waals surface area contributed by atoms with Crippen molar-refractivity contribution in [1.82, 2.24) is 24.0 Å². The smallest absolute Gasteiger partial charge is 0.243 e. The molecule has 142 valence electrons. The standard InChI is InChI=1S/C19H25N7S/c1-3-5-15-6-4-7-16-21-18(23-26(15)16)22-17-13-8-9-14(17)11-25(10-13)19-20-12(2)24-27-19/h4,6-7,13-14,17H,3,5,8-11H2,1-2H3,(H,22,23). The number of hydrogen-bond donors (Lipinski definition) is 1. The van der Waals surface area contributed by atoms with Crippen LogP contribution in [0, 0.1) is 18.8 Å². The van der Waals surface area contributed by atoms with Crippen LogP contribution in [0.4, 0.5) is 11.1 Å². The van der Waals surface area contributed by atoms with Crippen molar-refractivity contribution in [3.8, 4) is 0 Å². The average Bonchev–Trinajstić information content (AvgIpc) is 3.32. The van der Waals surface area contributed by atoms with Gasteiger partial charge in [0.2, 0.25) is 11.1 Å². The summed E-state index contributed by atoms with van der Waals surface area (Å²) in [6.07, 6.45) is 4.64. The fourth-order valence-corrected chi connectivity index (χ4v) is 5.34. The van der Waals surface area contributed by atoms with Gasteiger partial charge in [-0.1, -0.05) is 19.4 Å². The zero-order chi connectivity index (χ0) is 18.4. The minimum Gasteiger partial charge on any atom is -0.349 e. The summed E-state index contributed by atoms with van der Waals surface area (Å²) in [4.78, 5) is 11.7. The summed E-state index contributed by atoms with van der Waals surface area (Å²) in [5, 5.41) is 9.51. The van der Waals surface area contributed by atoms with E-state index in [1.54, 1.807) is 0 Å². The Labute approximate surface area is 163 Å². The van der Waals surface area contributed by atoms with Crippen molar-refractivity contribution >= 4 is 28.3 Å². The second kappa shape index (κ2) is 6.74. The molecule has 8 heteroatoms. The molecule has 2 fully saturated rings. The van der Waals surface area contributed by atoms with Gasteiger partial charge in [-0.25, -0.2) is 9.50 Å². The van der Waals surface area contributed by atoms with E-state index in [1.807, 2.05) is 17.5 Å². The van der Waals surface area contributed by atoms with Gasteiger partial charge in [-0.15, -0.1) is 5.10 Å². The van der Waals surface area contributed by atoms with Crippen molar-refractivity contribution in [2.24, 2.45) is 11.8 Å². The van der Waals surface area contributed by atoms with Crippen LogP contribution in [-0.2, 0) is 6.42 Å². The first-order valence-corrected chi connectivity index (χ1v) is 10.6. The van der Waals surface area contributed by atoms with E-state index in [-0.39, 0.29) is 0 Å². The molecule has 1 N–H and O–H groups in total. The van der Waals surface area contributed by atoms with E-state index in [0.29, 0.717) is 17.9 Å². The highest BCUT2D eigenvalue weighted by Crippen LogP contribution is 2.40. The van der Waals surface area contributed by atoms with Crippen LogP contribution < -0.4 is 10.2 Å². The van der Waals surface area contributed by atoms with E-state index in [2.05, 4.69) is 38.6 Å². The summed E-state index contributed by atoms with van der Waals surface area (Å²) in [6, 6.07) is 6.70. The normalized spacial score (nSPS) is 24.7. The minimum absolute atomic E-state index is 0.447. The number of hydrogen-bond acceptors (Lipinski definition) is 7. The van der Waals surface area contributed by atoms with Crippen molar-refractivity contribution < 1.29 is 0 Å². The average molecular weight is 384 g/mol. The molecule has 1 saturated heterocycles. The van der Waals surface area contributed by atoms with Gasteiger partial charge in [-0.2, -0.15) is 9.36 Å². The zero-order valence-corrected chi connectivity index (χ0v) is 16.6. The van der Waals surface area contributed by atoms with Gasteiger partial charge >= 0.3 is 0 Å². The lowest BCUT2D eigenvalue weighted by Crippen LogP contribution is -2.48. The van der Waals surface area contributed by atoms with Crippen LogP contribution in [0.3, 0.4) is 0 Å². The zero-order valence-electron chi connectivity index (χ0n) is 15.8. The molecule has 1 saturated carbocycles. The van der Waals surface area contributed by atoms with Gasteiger partial charge in [-0.3, -0.25) is 0 Å². The molecule has 2 aliphatic rings. The number of nitrogens with one attached hydrogen (secondary N) is 1. The summed E-state index contributed by atoms with van der Waals surface area (Å²) in [5.74, 6) is 2.85. The highest BCUT2D eigenvalue weighted by molar-refractivity contribution is 7.09. The summed E-state index contributed by atoms with van der Waals surface area (Å²) in [5.41, 5.74) is 2.15. The fraction of sp³-hybridized carbons (Fsp3) is 0.579. The predicted molar refractivity (Wildman–Crippen MR) is 107 cm³/mol. The first-order valence-electron chi connectivity index (χ1n) is 9.87. The molecule has 1 aliphatic heterocycles. The van der Waals surface area contributed by atoms with Crippen LogP contribution >= 0.6 is 11.5 Å². The fourth-order valence-electron chi connectivity index (χ4n) is 4.64. The van der Waals surface area contributed by atoms with Crippen molar-refractivity contribution in [1.29, 1.82) is 0 Å². The third-order valence-corrected chi connectivity index (χ3v) is 6.73. The Balaban J connectivity index is 1.35. The van der Waals surface area contributed by atoms with E-state index < -0.39 is 0 Å². The highest BCUT2D eigenvalue weighted by atomic mass is 32.1. The number of anilines is 2. The van der Waals surface area contributed by atoms with Crippen molar-refractivity contribution in [3.05, 3.63) is 29.7 Å². The number of fused-ring (bicyclic) bond motifs is 3. The van der Waals surface area contributed by atoms with Gasteiger partial charge in [0.1, 0.15) is 5.82 Å². The van der Waals surface area contributed by atoms with Gasteiger partial charge in [0.25, 0.3) is 0 Å². The molecular formula is C19H25N7S. The van der Waals surface area contributed by atoms with Gasteiger partial charge < -0.3 is 10.2 Å². The third-order valence-electron chi connectivity index (χ3n) is 5.86. The number of aryl methyl sites for hydroxylation is 2. The predicted octanol–water partition coefficient (Wildman–Crippen LogP) is 3.17. The molecule has 2 atom stereocenters. The van der Waals surface area contributed by atoms with Crippen LogP contribution in [0.2, 0.25) is 0 Å². The molecule has 7 nitrogen and oxygen atoms in total. The quantitative estimate of drug-likeness (QED) is 0.730. The molecule has 5 rings (SSSR count). The Morgan fingerprint density at radius 1 is 1.19 bits per heavy atom. The molecular weight excluding hydrogens is 358 g/mol. The van der Waals surface area contributed by atoms with Crippen molar-refractivity contribution in [2.75, 3.05) is 23.3 Å². The summed E-state index contributed by atoms with van der Waals surface area (Å²) in [7, 11) is 0. The van der Waals surface area contributed by atoms with E-state index in [1.165, 1.54) is 30.1 Å². The van der Waals surface area contributed by atoms with Crippen LogP contribution in [-0.4, -0.2) is 43.1 Å². The van der Waals surface area contributed by atoms with Crippen molar-refractivity contribution in [2.45, 2.75) is 45.6 Å². The van der Waals surface area contributed by atoms with Crippen LogP contribution in [0.25, 0.3) is 5.65 Å². The highest BCUT2D eigenvalue weighted by Gasteiger charge is 2.43. The van der Waals surface area contributed by atoms with Crippen LogP contribution in [0.1, 0.15) is 37.7 Å². The molecule has 0 amide bonds. The van der Waals surface area contributed by atoms with Crippen molar-refractivity contribution in [3.63, 3.8) is 0 Å². The Bertz CT molecular complexity index is 935.